The third-order valence-electron chi connectivity index (χ3n) is 3.16. The second-order valence-corrected chi connectivity index (χ2v) is 7.09. The molecule has 0 aromatic carbocycles. The Morgan fingerprint density at radius 1 is 1.63 bits per heavy atom. The molecule has 0 aliphatic carbocycles. The van der Waals surface area contributed by atoms with Crippen molar-refractivity contribution in [1.82, 2.24) is 4.31 Å². The lowest BCUT2D eigenvalue weighted by atomic mass is 10.2. The summed E-state index contributed by atoms with van der Waals surface area (Å²) in [6.07, 6.45) is 1.60. The van der Waals surface area contributed by atoms with Gasteiger partial charge < -0.3 is 10.5 Å². The molecular weight excluding hydrogens is 288 g/mol. The van der Waals surface area contributed by atoms with Gasteiger partial charge in [-0.05, 0) is 18.9 Å². The van der Waals surface area contributed by atoms with Crippen molar-refractivity contribution in [3.05, 3.63) is 16.3 Å². The predicted molar refractivity (Wildman–Crippen MR) is 71.6 cm³/mol. The molecule has 0 amide bonds. The fourth-order valence-corrected chi connectivity index (χ4v) is 5.04. The summed E-state index contributed by atoms with van der Waals surface area (Å²) in [6.45, 7) is 0.792. The first-order valence-corrected chi connectivity index (χ1v) is 8.21. The number of nitrogens with two attached hydrogens (primary N) is 1. The summed E-state index contributed by atoms with van der Waals surface area (Å²) in [5, 5.41) is 1.47. The van der Waals surface area contributed by atoms with E-state index in [1.54, 1.807) is 0 Å². The van der Waals surface area contributed by atoms with Crippen LogP contribution in [-0.2, 0) is 14.8 Å². The quantitative estimate of drug-likeness (QED) is 0.825. The van der Waals surface area contributed by atoms with Gasteiger partial charge >= 0.3 is 5.97 Å². The molecule has 2 N–H and O–H groups in total. The van der Waals surface area contributed by atoms with E-state index in [2.05, 4.69) is 4.74 Å². The predicted octanol–water partition coefficient (Wildman–Crippen LogP) is 0.647. The van der Waals surface area contributed by atoms with Gasteiger partial charge in [0, 0.05) is 24.5 Å². The van der Waals surface area contributed by atoms with E-state index in [4.69, 9.17) is 5.73 Å². The van der Waals surface area contributed by atoms with E-state index in [9.17, 15) is 13.2 Å². The number of rotatable bonds is 4. The smallest absolute Gasteiger partial charge is 0.348 e. The monoisotopic (exact) mass is 304 g/mol. The maximum absolute atomic E-state index is 12.5. The van der Waals surface area contributed by atoms with Crippen LogP contribution in [-0.4, -0.2) is 44.9 Å². The lowest BCUT2D eigenvalue weighted by molar-refractivity contribution is 0.0606. The molecule has 6 nitrogen and oxygen atoms in total. The molecule has 2 rings (SSSR count). The molecule has 8 heteroatoms. The number of ether oxygens (including phenoxy) is 1. The van der Waals surface area contributed by atoms with E-state index in [0.29, 0.717) is 13.1 Å². The minimum Gasteiger partial charge on any atom is -0.465 e. The molecule has 1 aliphatic rings. The Kier molecular flexibility index (Phi) is 4.24. The van der Waals surface area contributed by atoms with Crippen molar-refractivity contribution >= 4 is 27.3 Å². The average Bonchev–Trinajstić information content (AvgIpc) is 3.06. The minimum atomic E-state index is -3.56. The maximum atomic E-state index is 12.5. The lowest BCUT2D eigenvalue weighted by Crippen LogP contribution is -2.39. The number of esters is 1. The Morgan fingerprint density at radius 3 is 3.00 bits per heavy atom. The SMILES string of the molecule is COC(=O)c1cc(S(=O)(=O)N2CCCC2CN)cs1. The number of methoxy groups -OCH3 is 1. The molecule has 0 spiro atoms. The molecular formula is C11H16N2O4S2. The van der Waals surface area contributed by atoms with Crippen LogP contribution in [0.15, 0.2) is 16.3 Å². The summed E-state index contributed by atoms with van der Waals surface area (Å²) in [5.74, 6) is -0.525. The summed E-state index contributed by atoms with van der Waals surface area (Å²) >= 11 is 1.07. The highest BCUT2D eigenvalue weighted by molar-refractivity contribution is 7.89. The number of hydrogen-bond acceptors (Lipinski definition) is 6. The van der Waals surface area contributed by atoms with Crippen molar-refractivity contribution in [2.75, 3.05) is 20.2 Å². The van der Waals surface area contributed by atoms with E-state index in [0.717, 1.165) is 24.2 Å². The molecule has 0 bridgehead atoms. The molecule has 1 atom stereocenters. The number of hydrogen-bond donors (Lipinski definition) is 1. The van der Waals surface area contributed by atoms with E-state index in [1.165, 1.54) is 22.9 Å². The Labute approximate surface area is 116 Å². The van der Waals surface area contributed by atoms with Crippen LogP contribution in [0, 0.1) is 0 Å². The zero-order valence-electron chi connectivity index (χ0n) is 10.5. The van der Waals surface area contributed by atoms with Gasteiger partial charge in [0.25, 0.3) is 0 Å². The van der Waals surface area contributed by atoms with Crippen molar-refractivity contribution in [1.29, 1.82) is 0 Å². The van der Waals surface area contributed by atoms with Gasteiger partial charge in [-0.25, -0.2) is 13.2 Å². The number of carbonyl (C=O) groups excluding carboxylic acids is 1. The third kappa shape index (κ3) is 2.66. The van der Waals surface area contributed by atoms with E-state index in [1.807, 2.05) is 0 Å². The van der Waals surface area contributed by atoms with Gasteiger partial charge in [-0.15, -0.1) is 11.3 Å². The number of nitrogens with zero attached hydrogens (tertiary/aromatic N) is 1. The molecule has 1 fully saturated rings. The Bertz CT molecular complexity index is 567. The average molecular weight is 304 g/mol. The normalized spacial score (nSPS) is 20.6. The van der Waals surface area contributed by atoms with Crippen LogP contribution in [0.5, 0.6) is 0 Å². The van der Waals surface area contributed by atoms with Crippen molar-refractivity contribution in [3.8, 4) is 0 Å². The highest BCUT2D eigenvalue weighted by Crippen LogP contribution is 2.28. The molecule has 1 aliphatic heterocycles. The summed E-state index contributed by atoms with van der Waals surface area (Å²) in [6, 6.07) is 1.21. The molecule has 1 unspecified atom stereocenters. The van der Waals surface area contributed by atoms with Gasteiger partial charge in [0.05, 0.1) is 12.0 Å². The first-order valence-electron chi connectivity index (χ1n) is 5.89. The standard InChI is InChI=1S/C11H16N2O4S2/c1-17-11(14)10-5-9(7-18-10)19(15,16)13-4-2-3-8(13)6-12/h5,7-8H,2-4,6,12H2,1H3. The molecule has 2 heterocycles. The molecule has 1 saturated heterocycles. The zero-order chi connectivity index (χ0) is 14.0. The Hall–Kier alpha value is -0.960. The third-order valence-corrected chi connectivity index (χ3v) is 6.15. The van der Waals surface area contributed by atoms with Crippen molar-refractivity contribution in [2.45, 2.75) is 23.8 Å². The summed E-state index contributed by atoms with van der Waals surface area (Å²) < 4.78 is 30.9. The lowest BCUT2D eigenvalue weighted by Gasteiger charge is -2.22. The van der Waals surface area contributed by atoms with Crippen LogP contribution in [0.3, 0.4) is 0 Å². The van der Waals surface area contributed by atoms with Gasteiger partial charge in [-0.2, -0.15) is 4.31 Å². The van der Waals surface area contributed by atoms with E-state index >= 15 is 0 Å². The van der Waals surface area contributed by atoms with Crippen LogP contribution in [0.2, 0.25) is 0 Å². The van der Waals surface area contributed by atoms with Gasteiger partial charge in [-0.3, -0.25) is 0 Å². The summed E-state index contributed by atoms with van der Waals surface area (Å²) in [7, 11) is -2.30. The minimum absolute atomic E-state index is 0.137. The fourth-order valence-electron chi connectivity index (χ4n) is 2.16. The fraction of sp³-hybridized carbons (Fsp3) is 0.545. The van der Waals surface area contributed by atoms with Gasteiger partial charge in [0.2, 0.25) is 10.0 Å². The zero-order valence-corrected chi connectivity index (χ0v) is 12.2. The first kappa shape index (κ1) is 14.4. The van der Waals surface area contributed by atoms with E-state index < -0.39 is 16.0 Å². The molecule has 0 saturated carbocycles. The van der Waals surface area contributed by atoms with Crippen LogP contribution in [0.25, 0.3) is 0 Å². The van der Waals surface area contributed by atoms with E-state index in [-0.39, 0.29) is 15.8 Å². The summed E-state index contributed by atoms with van der Waals surface area (Å²) in [5.41, 5.74) is 5.60. The summed E-state index contributed by atoms with van der Waals surface area (Å²) in [4.78, 5) is 11.8. The number of thiophene rings is 1. The van der Waals surface area contributed by atoms with Gasteiger partial charge in [0.15, 0.2) is 0 Å². The topological polar surface area (TPSA) is 89.7 Å². The van der Waals surface area contributed by atoms with Crippen LogP contribution in [0.1, 0.15) is 22.5 Å². The maximum Gasteiger partial charge on any atom is 0.348 e. The second-order valence-electron chi connectivity index (χ2n) is 4.29. The highest BCUT2D eigenvalue weighted by Gasteiger charge is 2.35. The van der Waals surface area contributed by atoms with Gasteiger partial charge in [0.1, 0.15) is 4.88 Å². The Morgan fingerprint density at radius 2 is 2.37 bits per heavy atom. The van der Waals surface area contributed by atoms with Crippen molar-refractivity contribution in [3.63, 3.8) is 0 Å². The molecule has 1 aromatic rings. The Balaban J connectivity index is 2.29. The molecule has 106 valence electrons. The van der Waals surface area contributed by atoms with Crippen LogP contribution >= 0.6 is 11.3 Å². The van der Waals surface area contributed by atoms with Crippen LogP contribution in [0.4, 0.5) is 0 Å². The second kappa shape index (κ2) is 5.58. The molecule has 1 aromatic heterocycles. The molecule has 19 heavy (non-hydrogen) atoms. The highest BCUT2D eigenvalue weighted by atomic mass is 32.2. The van der Waals surface area contributed by atoms with Crippen LogP contribution < -0.4 is 5.73 Å². The largest absolute Gasteiger partial charge is 0.465 e. The number of sulfonamides is 1. The number of carbonyl (C=O) groups is 1. The van der Waals surface area contributed by atoms with Crippen molar-refractivity contribution in [2.24, 2.45) is 5.73 Å². The molecule has 0 radical (unpaired) electrons. The first-order chi connectivity index (χ1) is 9.00. The van der Waals surface area contributed by atoms with Crippen molar-refractivity contribution < 1.29 is 17.9 Å². The van der Waals surface area contributed by atoms with Gasteiger partial charge in [-0.1, -0.05) is 0 Å².